The monoisotopic (exact) mass is 1340 g/mol. The number of rotatable bonds is 71. The summed E-state index contributed by atoms with van der Waals surface area (Å²) in [4.78, 5) is 72.5. The van der Waals surface area contributed by atoms with Crippen molar-refractivity contribution in [1.29, 1.82) is 0 Å². The minimum Gasteiger partial charge on any atom is -0.462 e. The second-order valence-corrected chi connectivity index (χ2v) is 29.8. The van der Waals surface area contributed by atoms with Gasteiger partial charge in [-0.15, -0.1) is 0 Å². The van der Waals surface area contributed by atoms with E-state index in [0.717, 1.165) is 102 Å². The van der Waals surface area contributed by atoms with Gasteiger partial charge in [0.05, 0.1) is 26.4 Å². The van der Waals surface area contributed by atoms with E-state index in [4.69, 9.17) is 37.0 Å². The highest BCUT2D eigenvalue weighted by atomic mass is 31.2. The minimum atomic E-state index is -4.95. The van der Waals surface area contributed by atoms with E-state index in [1.165, 1.54) is 180 Å². The molecule has 19 heteroatoms. The second kappa shape index (κ2) is 64.1. The van der Waals surface area contributed by atoms with Crippen molar-refractivity contribution >= 4 is 39.5 Å². The van der Waals surface area contributed by atoms with Crippen molar-refractivity contribution in [3.05, 3.63) is 0 Å². The van der Waals surface area contributed by atoms with E-state index in [0.29, 0.717) is 31.6 Å². The summed E-state index contributed by atoms with van der Waals surface area (Å²) in [6.07, 6.45) is 50.2. The zero-order chi connectivity index (χ0) is 67.2. The fourth-order valence-corrected chi connectivity index (χ4v) is 12.5. The van der Waals surface area contributed by atoms with Crippen molar-refractivity contribution < 1.29 is 80.2 Å². The molecule has 2 unspecified atom stereocenters. The summed E-state index contributed by atoms with van der Waals surface area (Å²) in [5.74, 6) is -0.686. The molecule has 0 aliphatic heterocycles. The Balaban J connectivity index is 5.20. The van der Waals surface area contributed by atoms with Crippen LogP contribution in [0.1, 0.15) is 369 Å². The number of ether oxygens (including phenoxy) is 4. The Morgan fingerprint density at radius 3 is 0.747 bits per heavy atom. The molecule has 0 rings (SSSR count). The summed E-state index contributed by atoms with van der Waals surface area (Å²) in [5.41, 5.74) is 0. The fourth-order valence-electron chi connectivity index (χ4n) is 10.9. The molecule has 91 heavy (non-hydrogen) atoms. The van der Waals surface area contributed by atoms with Crippen LogP contribution in [0, 0.1) is 11.8 Å². The van der Waals surface area contributed by atoms with Crippen molar-refractivity contribution in [3.63, 3.8) is 0 Å². The largest absolute Gasteiger partial charge is 0.472 e. The van der Waals surface area contributed by atoms with Crippen LogP contribution in [0.4, 0.5) is 0 Å². The molecule has 0 radical (unpaired) electrons. The molecule has 0 bridgehead atoms. The highest BCUT2D eigenvalue weighted by Gasteiger charge is 2.30. The Morgan fingerprint density at radius 2 is 0.505 bits per heavy atom. The molecule has 0 aliphatic carbocycles. The minimum absolute atomic E-state index is 0.105. The van der Waals surface area contributed by atoms with Crippen molar-refractivity contribution in [3.8, 4) is 0 Å². The first-order valence-corrected chi connectivity index (χ1v) is 40.5. The lowest BCUT2D eigenvalue weighted by Crippen LogP contribution is -2.30. The van der Waals surface area contributed by atoms with Gasteiger partial charge in [-0.05, 0) is 37.5 Å². The number of carbonyl (C=O) groups excluding carboxylic acids is 4. The lowest BCUT2D eigenvalue weighted by Gasteiger charge is -2.21. The fraction of sp³-hybridized carbons (Fsp3) is 0.944. The molecule has 0 spiro atoms. The number of esters is 4. The van der Waals surface area contributed by atoms with Gasteiger partial charge in [0, 0.05) is 25.7 Å². The van der Waals surface area contributed by atoms with Crippen molar-refractivity contribution in [2.24, 2.45) is 11.8 Å². The van der Waals surface area contributed by atoms with Crippen LogP contribution >= 0.6 is 15.6 Å². The molecule has 0 aromatic rings. The smallest absolute Gasteiger partial charge is 0.462 e. The maximum Gasteiger partial charge on any atom is 0.472 e. The molecular weight excluding hydrogens is 1200 g/mol. The maximum absolute atomic E-state index is 13.0. The van der Waals surface area contributed by atoms with Gasteiger partial charge in [0.1, 0.15) is 19.3 Å². The van der Waals surface area contributed by atoms with E-state index < -0.39 is 97.5 Å². The number of phosphoric acid groups is 2. The Bertz CT molecular complexity index is 1770. The normalized spacial score (nSPS) is 14.1. The van der Waals surface area contributed by atoms with Crippen LogP contribution < -0.4 is 0 Å². The van der Waals surface area contributed by atoms with Gasteiger partial charge in [0.2, 0.25) is 0 Å². The third kappa shape index (κ3) is 66.5. The number of hydrogen-bond donors (Lipinski definition) is 3. The van der Waals surface area contributed by atoms with Crippen LogP contribution in [0.2, 0.25) is 0 Å². The van der Waals surface area contributed by atoms with Gasteiger partial charge < -0.3 is 33.8 Å². The number of aliphatic hydroxyl groups excluding tert-OH is 1. The number of hydrogen-bond acceptors (Lipinski definition) is 15. The average Bonchev–Trinajstić information content (AvgIpc) is 3.21. The highest BCUT2D eigenvalue weighted by molar-refractivity contribution is 7.47. The Labute approximate surface area is 556 Å². The Morgan fingerprint density at radius 1 is 0.297 bits per heavy atom. The van der Waals surface area contributed by atoms with Crippen LogP contribution in [0.3, 0.4) is 0 Å². The summed E-state index contributed by atoms with van der Waals surface area (Å²) >= 11 is 0. The predicted octanol–water partition coefficient (Wildman–Crippen LogP) is 20.8. The van der Waals surface area contributed by atoms with Crippen molar-refractivity contribution in [1.82, 2.24) is 0 Å². The molecule has 0 saturated carbocycles. The zero-order valence-electron chi connectivity index (χ0n) is 59.1. The lowest BCUT2D eigenvalue weighted by molar-refractivity contribution is -0.161. The van der Waals surface area contributed by atoms with Gasteiger partial charge in [-0.3, -0.25) is 37.3 Å². The molecule has 0 fully saturated rings. The third-order valence-electron chi connectivity index (χ3n) is 16.7. The van der Waals surface area contributed by atoms with Gasteiger partial charge in [-0.2, -0.15) is 0 Å². The van der Waals surface area contributed by atoms with Crippen LogP contribution in [0.15, 0.2) is 0 Å². The summed E-state index contributed by atoms with van der Waals surface area (Å²) in [7, 11) is -9.90. The van der Waals surface area contributed by atoms with Crippen molar-refractivity contribution in [2.75, 3.05) is 39.6 Å². The lowest BCUT2D eigenvalue weighted by atomic mass is 10.0. The van der Waals surface area contributed by atoms with Crippen LogP contribution in [0.25, 0.3) is 0 Å². The molecule has 0 aromatic heterocycles. The molecule has 17 nitrogen and oxygen atoms in total. The molecule has 540 valence electrons. The van der Waals surface area contributed by atoms with Crippen LogP contribution in [-0.4, -0.2) is 96.7 Å². The standard InChI is InChI=1S/C72H140O17P2/c1-7-9-11-13-15-17-19-20-21-22-23-24-25-26-27-33-37-45-51-57-72(77)88-67(60-82-69(74)54-48-42-35-32-29-28-30-34-40-46-52-64(3)4)62-86-90(78,79)84-58-66(73)59-85-91(80,81)87-63-68(61-83-70(75)55-49-43-39-38-41-47-53-65(5)6)89-71(76)56-50-44-36-31-18-16-14-12-10-8-2/h64-68,73H,7-63H2,1-6H3,(H,78,79)(H,80,81)/t66-,67-,68-/m1/s1. The molecule has 0 aromatic carbocycles. The number of phosphoric ester groups is 2. The molecule has 0 aliphatic rings. The van der Waals surface area contributed by atoms with E-state index in [1.807, 2.05) is 0 Å². The first kappa shape index (κ1) is 89.1. The highest BCUT2D eigenvalue weighted by Crippen LogP contribution is 2.45. The van der Waals surface area contributed by atoms with Crippen molar-refractivity contribution in [2.45, 2.75) is 387 Å². The molecule has 0 heterocycles. The summed E-state index contributed by atoms with van der Waals surface area (Å²) < 4.78 is 68.3. The number of unbranched alkanes of at least 4 members (excludes halogenated alkanes) is 41. The first-order chi connectivity index (χ1) is 43.9. The van der Waals surface area contributed by atoms with E-state index >= 15 is 0 Å². The maximum atomic E-state index is 13.0. The molecule has 3 N–H and O–H groups in total. The average molecular weight is 1340 g/mol. The van der Waals surface area contributed by atoms with E-state index in [1.54, 1.807) is 0 Å². The summed E-state index contributed by atoms with van der Waals surface area (Å²) in [5, 5.41) is 10.6. The van der Waals surface area contributed by atoms with Gasteiger partial charge in [-0.1, -0.05) is 318 Å². The molecule has 0 saturated heterocycles. The summed E-state index contributed by atoms with van der Waals surface area (Å²) in [6.45, 7) is 9.46. The molecular formula is C72H140O17P2. The van der Waals surface area contributed by atoms with Gasteiger partial charge in [-0.25, -0.2) is 9.13 Å². The van der Waals surface area contributed by atoms with Crippen LogP contribution in [-0.2, 0) is 65.4 Å². The topological polar surface area (TPSA) is 237 Å². The quantitative estimate of drug-likeness (QED) is 0.0222. The number of carbonyl (C=O) groups is 4. The Hall–Kier alpha value is -1.94. The second-order valence-electron chi connectivity index (χ2n) is 26.9. The Kier molecular flexibility index (Phi) is 62.7. The van der Waals surface area contributed by atoms with E-state index in [2.05, 4.69) is 41.5 Å². The SMILES string of the molecule is CCCCCCCCCCCCCCCCCCCCCC(=O)O[C@H](COC(=O)CCCCCCCCCCCCC(C)C)COP(=O)(O)OC[C@@H](O)COP(=O)(O)OC[C@@H](COC(=O)CCCCCCCCC(C)C)OC(=O)CCCCCCCCCCCC. The molecule has 5 atom stereocenters. The van der Waals surface area contributed by atoms with Gasteiger partial charge in [0.15, 0.2) is 12.2 Å². The van der Waals surface area contributed by atoms with E-state index in [-0.39, 0.29) is 25.7 Å². The van der Waals surface area contributed by atoms with Gasteiger partial charge in [0.25, 0.3) is 0 Å². The first-order valence-electron chi connectivity index (χ1n) is 37.5. The van der Waals surface area contributed by atoms with Crippen LogP contribution in [0.5, 0.6) is 0 Å². The zero-order valence-corrected chi connectivity index (χ0v) is 60.9. The number of aliphatic hydroxyl groups is 1. The summed E-state index contributed by atoms with van der Waals surface area (Å²) in [6, 6.07) is 0. The predicted molar refractivity (Wildman–Crippen MR) is 368 cm³/mol. The van der Waals surface area contributed by atoms with E-state index in [9.17, 15) is 43.2 Å². The van der Waals surface area contributed by atoms with Gasteiger partial charge >= 0.3 is 39.5 Å². The third-order valence-corrected chi connectivity index (χ3v) is 18.6. The molecule has 0 amide bonds.